The number of carbonyl (C=O) groups excluding carboxylic acids is 1. The molecule has 92 valence electrons. The van der Waals surface area contributed by atoms with Crippen LogP contribution in [0.3, 0.4) is 0 Å². The number of hydrogen-bond acceptors (Lipinski definition) is 3. The number of nitrogens with zero attached hydrogens (tertiary/aromatic N) is 3. The molecule has 0 aliphatic carbocycles. The number of carbonyl (C=O) groups is 2. The molecule has 0 bridgehead atoms. The van der Waals surface area contributed by atoms with Gasteiger partial charge in [-0.15, -0.1) is 0 Å². The van der Waals surface area contributed by atoms with E-state index in [-0.39, 0.29) is 12.6 Å². The van der Waals surface area contributed by atoms with Crippen LogP contribution in [0, 0.1) is 0 Å². The van der Waals surface area contributed by atoms with Gasteiger partial charge < -0.3 is 14.9 Å². The third kappa shape index (κ3) is 4.10. The monoisotopic (exact) mass is 237 g/mol. The highest BCUT2D eigenvalue weighted by atomic mass is 16.4. The fraction of sp³-hybridized carbons (Fsp3) is 0.364. The lowest BCUT2D eigenvalue weighted by Gasteiger charge is -2.23. The number of pyridine rings is 1. The van der Waals surface area contributed by atoms with Gasteiger partial charge in [0.25, 0.3) is 0 Å². The van der Waals surface area contributed by atoms with E-state index < -0.39 is 5.97 Å². The highest BCUT2D eigenvalue weighted by Crippen LogP contribution is 2.01. The Labute approximate surface area is 99.5 Å². The Morgan fingerprint density at radius 2 is 2.00 bits per heavy atom. The zero-order valence-electron chi connectivity index (χ0n) is 9.83. The third-order valence-electron chi connectivity index (χ3n) is 2.15. The van der Waals surface area contributed by atoms with Crippen LogP contribution in [-0.4, -0.2) is 52.5 Å². The molecule has 17 heavy (non-hydrogen) atoms. The Morgan fingerprint density at radius 1 is 1.29 bits per heavy atom. The first-order chi connectivity index (χ1) is 8.00. The summed E-state index contributed by atoms with van der Waals surface area (Å²) in [6, 6.07) is 5.09. The lowest BCUT2D eigenvalue weighted by Crippen LogP contribution is -2.40. The van der Waals surface area contributed by atoms with Crippen molar-refractivity contribution in [3.05, 3.63) is 30.1 Å². The Kier molecular flexibility index (Phi) is 4.45. The molecule has 0 radical (unpaired) electrons. The van der Waals surface area contributed by atoms with Crippen molar-refractivity contribution < 1.29 is 14.7 Å². The molecule has 0 unspecified atom stereocenters. The van der Waals surface area contributed by atoms with Crippen molar-refractivity contribution >= 4 is 12.0 Å². The van der Waals surface area contributed by atoms with Crippen LogP contribution in [0.4, 0.5) is 4.79 Å². The molecule has 1 rings (SSSR count). The van der Waals surface area contributed by atoms with Crippen LogP contribution in [0.2, 0.25) is 0 Å². The van der Waals surface area contributed by atoms with Crippen molar-refractivity contribution in [1.82, 2.24) is 14.8 Å². The van der Waals surface area contributed by atoms with Gasteiger partial charge in [0.1, 0.15) is 6.54 Å². The van der Waals surface area contributed by atoms with Crippen LogP contribution in [0.5, 0.6) is 0 Å². The summed E-state index contributed by atoms with van der Waals surface area (Å²) in [5.41, 5.74) is 0.757. The molecule has 0 aliphatic heterocycles. The van der Waals surface area contributed by atoms with Crippen molar-refractivity contribution in [1.29, 1.82) is 0 Å². The predicted octanol–water partition coefficient (Wildman–Crippen LogP) is 0.650. The second-order valence-electron chi connectivity index (χ2n) is 3.71. The van der Waals surface area contributed by atoms with E-state index in [0.717, 1.165) is 10.6 Å². The van der Waals surface area contributed by atoms with E-state index in [1.165, 1.54) is 11.9 Å². The zero-order chi connectivity index (χ0) is 12.8. The van der Waals surface area contributed by atoms with E-state index in [4.69, 9.17) is 5.11 Å². The normalized spacial score (nSPS) is 9.76. The molecule has 0 saturated heterocycles. The molecule has 1 aromatic heterocycles. The van der Waals surface area contributed by atoms with Crippen molar-refractivity contribution in [2.45, 2.75) is 6.54 Å². The standard InChI is InChI=1S/C11H15N3O3/c1-13(7-9-5-3-4-6-12-9)11(17)14(2)8-10(15)16/h3-6H,7-8H2,1-2H3,(H,15,16). The van der Waals surface area contributed by atoms with Gasteiger partial charge in [0, 0.05) is 20.3 Å². The maximum absolute atomic E-state index is 11.7. The number of likely N-dealkylation sites (N-methyl/N-ethyl adjacent to an activating group) is 1. The average Bonchev–Trinajstić information content (AvgIpc) is 2.28. The predicted molar refractivity (Wildman–Crippen MR) is 61.4 cm³/mol. The van der Waals surface area contributed by atoms with Gasteiger partial charge in [-0.2, -0.15) is 0 Å². The number of carboxylic acids is 1. The molecule has 0 aromatic carbocycles. The van der Waals surface area contributed by atoms with Crippen molar-refractivity contribution in [2.24, 2.45) is 0 Å². The number of aliphatic carboxylic acids is 1. The first-order valence-electron chi connectivity index (χ1n) is 5.08. The Hall–Kier alpha value is -2.11. The minimum Gasteiger partial charge on any atom is -0.480 e. The molecular formula is C11H15N3O3. The summed E-state index contributed by atoms with van der Waals surface area (Å²) in [6.07, 6.45) is 1.65. The number of carboxylic acid groups (broad SMARTS) is 1. The summed E-state index contributed by atoms with van der Waals surface area (Å²) in [5.74, 6) is -1.04. The molecule has 1 N–H and O–H groups in total. The summed E-state index contributed by atoms with van der Waals surface area (Å²) in [5, 5.41) is 8.58. The summed E-state index contributed by atoms with van der Waals surface area (Å²) in [6.45, 7) is 0.0367. The molecule has 0 saturated carbocycles. The Morgan fingerprint density at radius 3 is 2.53 bits per heavy atom. The molecule has 0 atom stereocenters. The van der Waals surface area contributed by atoms with E-state index in [0.29, 0.717) is 6.54 Å². The van der Waals surface area contributed by atoms with Gasteiger partial charge in [-0.3, -0.25) is 9.78 Å². The Bertz CT molecular complexity index is 394. The Balaban J connectivity index is 2.55. The molecular weight excluding hydrogens is 222 g/mol. The largest absolute Gasteiger partial charge is 0.480 e. The maximum atomic E-state index is 11.7. The fourth-order valence-corrected chi connectivity index (χ4v) is 1.36. The van der Waals surface area contributed by atoms with Gasteiger partial charge in [-0.1, -0.05) is 6.07 Å². The minimum atomic E-state index is -1.04. The lowest BCUT2D eigenvalue weighted by atomic mass is 10.3. The molecule has 2 amide bonds. The summed E-state index contributed by atoms with van der Waals surface area (Å²) >= 11 is 0. The molecule has 6 heteroatoms. The third-order valence-corrected chi connectivity index (χ3v) is 2.15. The molecule has 0 fully saturated rings. The smallest absolute Gasteiger partial charge is 0.323 e. The summed E-state index contributed by atoms with van der Waals surface area (Å²) < 4.78 is 0. The van der Waals surface area contributed by atoms with E-state index >= 15 is 0 Å². The van der Waals surface area contributed by atoms with Gasteiger partial charge in [0.05, 0.1) is 12.2 Å². The first kappa shape index (κ1) is 13.0. The minimum absolute atomic E-state index is 0.314. The van der Waals surface area contributed by atoms with Gasteiger partial charge in [0.2, 0.25) is 0 Å². The van der Waals surface area contributed by atoms with Crippen molar-refractivity contribution in [3.8, 4) is 0 Å². The van der Waals surface area contributed by atoms with Gasteiger partial charge in [-0.25, -0.2) is 4.79 Å². The molecule has 0 aliphatic rings. The van der Waals surface area contributed by atoms with Gasteiger partial charge >= 0.3 is 12.0 Å². The topological polar surface area (TPSA) is 73.7 Å². The van der Waals surface area contributed by atoms with Gasteiger partial charge in [-0.05, 0) is 12.1 Å². The van der Waals surface area contributed by atoms with Crippen LogP contribution in [0.1, 0.15) is 5.69 Å². The number of urea groups is 1. The maximum Gasteiger partial charge on any atom is 0.323 e. The highest BCUT2D eigenvalue weighted by molar-refractivity contribution is 5.79. The number of aromatic nitrogens is 1. The molecule has 1 heterocycles. The van der Waals surface area contributed by atoms with Crippen molar-refractivity contribution in [3.63, 3.8) is 0 Å². The van der Waals surface area contributed by atoms with E-state index in [9.17, 15) is 9.59 Å². The number of hydrogen-bond donors (Lipinski definition) is 1. The highest BCUT2D eigenvalue weighted by Gasteiger charge is 2.16. The zero-order valence-corrected chi connectivity index (χ0v) is 9.83. The van der Waals surface area contributed by atoms with Crippen LogP contribution >= 0.6 is 0 Å². The first-order valence-corrected chi connectivity index (χ1v) is 5.08. The van der Waals surface area contributed by atoms with Crippen LogP contribution < -0.4 is 0 Å². The quantitative estimate of drug-likeness (QED) is 0.834. The van der Waals surface area contributed by atoms with Crippen LogP contribution in [0.25, 0.3) is 0 Å². The lowest BCUT2D eigenvalue weighted by molar-refractivity contribution is -0.137. The van der Waals surface area contributed by atoms with Crippen molar-refractivity contribution in [2.75, 3.05) is 20.6 Å². The molecule has 0 spiro atoms. The molecule has 6 nitrogen and oxygen atoms in total. The SMILES string of the molecule is CN(CC(=O)O)C(=O)N(C)Cc1ccccn1. The van der Waals surface area contributed by atoms with E-state index in [1.54, 1.807) is 25.4 Å². The number of rotatable bonds is 4. The average molecular weight is 237 g/mol. The second-order valence-corrected chi connectivity index (χ2v) is 3.71. The fourth-order valence-electron chi connectivity index (χ4n) is 1.36. The second kappa shape index (κ2) is 5.83. The van der Waals surface area contributed by atoms with Gasteiger partial charge in [0.15, 0.2) is 0 Å². The summed E-state index contributed by atoms with van der Waals surface area (Å²) in [4.78, 5) is 28.9. The number of amides is 2. The van der Waals surface area contributed by atoms with E-state index in [1.807, 2.05) is 6.07 Å². The molecule has 1 aromatic rings. The van der Waals surface area contributed by atoms with Crippen LogP contribution in [-0.2, 0) is 11.3 Å². The van der Waals surface area contributed by atoms with Crippen LogP contribution in [0.15, 0.2) is 24.4 Å². The summed E-state index contributed by atoms with van der Waals surface area (Å²) in [7, 11) is 3.06. The van der Waals surface area contributed by atoms with E-state index in [2.05, 4.69) is 4.98 Å².